The number of benzene rings is 1. The van der Waals surface area contributed by atoms with Gasteiger partial charge in [0.25, 0.3) is 0 Å². The monoisotopic (exact) mass is 299 g/mol. The van der Waals surface area contributed by atoms with Crippen LogP contribution < -0.4 is 5.32 Å². The minimum atomic E-state index is 0.00643. The summed E-state index contributed by atoms with van der Waals surface area (Å²) >= 11 is 0. The summed E-state index contributed by atoms with van der Waals surface area (Å²) in [5, 5.41) is 11.9. The zero-order chi connectivity index (χ0) is 15.8. The van der Waals surface area contributed by atoms with Crippen molar-refractivity contribution < 1.29 is 4.79 Å². The molecule has 4 heteroatoms. The Balaban J connectivity index is 1.91. The summed E-state index contributed by atoms with van der Waals surface area (Å²) in [4.78, 5) is 13.8. The zero-order valence-corrected chi connectivity index (χ0v) is 13.3. The maximum atomic E-state index is 12.0. The maximum Gasteiger partial charge on any atom is 0.317 e. The first-order chi connectivity index (χ1) is 10.7. The van der Waals surface area contributed by atoms with Crippen LogP contribution in [0.2, 0.25) is 0 Å². The molecule has 0 radical (unpaired) electrons. The van der Waals surface area contributed by atoms with Gasteiger partial charge in [-0.3, -0.25) is 0 Å². The van der Waals surface area contributed by atoms with E-state index in [0.717, 1.165) is 25.8 Å². The molecule has 22 heavy (non-hydrogen) atoms. The molecule has 2 amide bonds. The predicted octanol–water partition coefficient (Wildman–Crippen LogP) is 3.20. The van der Waals surface area contributed by atoms with Crippen molar-refractivity contribution in [2.45, 2.75) is 32.6 Å². The smallest absolute Gasteiger partial charge is 0.317 e. The van der Waals surface area contributed by atoms with Gasteiger partial charge in [0.05, 0.1) is 6.07 Å². The van der Waals surface area contributed by atoms with Gasteiger partial charge < -0.3 is 10.2 Å². The highest BCUT2D eigenvalue weighted by Crippen LogP contribution is 2.30. The van der Waals surface area contributed by atoms with Crippen molar-refractivity contribution >= 4 is 6.03 Å². The summed E-state index contributed by atoms with van der Waals surface area (Å²) in [6.07, 6.45) is 3.68. The molecule has 118 valence electrons. The molecule has 0 aromatic heterocycles. The van der Waals surface area contributed by atoms with E-state index >= 15 is 0 Å². The lowest BCUT2D eigenvalue weighted by molar-refractivity contribution is 0.128. The SMILES string of the molecule is CCNC(=O)N1CCC(CCc2ccccc2)C(CC#N)C1. The number of aryl methyl sites for hydroxylation is 1. The molecule has 0 spiro atoms. The van der Waals surface area contributed by atoms with E-state index in [1.165, 1.54) is 5.56 Å². The van der Waals surface area contributed by atoms with Gasteiger partial charge in [-0.25, -0.2) is 4.79 Å². The number of amides is 2. The number of hydrogen-bond acceptors (Lipinski definition) is 2. The Hall–Kier alpha value is -2.02. The number of nitrogens with one attached hydrogen (secondary N) is 1. The van der Waals surface area contributed by atoms with Crippen LogP contribution in [-0.4, -0.2) is 30.6 Å². The van der Waals surface area contributed by atoms with Gasteiger partial charge in [0.15, 0.2) is 0 Å². The van der Waals surface area contributed by atoms with E-state index < -0.39 is 0 Å². The third kappa shape index (κ3) is 4.49. The van der Waals surface area contributed by atoms with Crippen LogP contribution in [0, 0.1) is 23.2 Å². The van der Waals surface area contributed by atoms with Gasteiger partial charge in [0.1, 0.15) is 0 Å². The molecule has 0 aliphatic carbocycles. The standard InChI is InChI=1S/C18H25N3O/c1-2-20-18(22)21-13-11-16(17(14-21)10-12-19)9-8-15-6-4-3-5-7-15/h3-7,16-17H,2,8-11,13-14H2,1H3,(H,20,22). The highest BCUT2D eigenvalue weighted by atomic mass is 16.2. The Kier molecular flexibility index (Phi) is 6.27. The second-order valence-electron chi connectivity index (χ2n) is 5.98. The summed E-state index contributed by atoms with van der Waals surface area (Å²) in [6, 6.07) is 12.8. The summed E-state index contributed by atoms with van der Waals surface area (Å²) < 4.78 is 0. The normalized spacial score (nSPS) is 21.2. The Labute approximate surface area is 133 Å². The number of carbonyl (C=O) groups excluding carboxylic acids is 1. The molecule has 2 unspecified atom stereocenters. The van der Waals surface area contributed by atoms with Crippen LogP contribution in [0.5, 0.6) is 0 Å². The van der Waals surface area contributed by atoms with E-state index in [1.807, 2.05) is 17.9 Å². The van der Waals surface area contributed by atoms with Crippen LogP contribution in [0.25, 0.3) is 0 Å². The number of hydrogen-bond donors (Lipinski definition) is 1. The molecule has 1 N–H and O–H groups in total. The molecular weight excluding hydrogens is 274 g/mol. The number of rotatable bonds is 5. The van der Waals surface area contributed by atoms with Crippen molar-refractivity contribution in [3.63, 3.8) is 0 Å². The second kappa shape index (κ2) is 8.43. The van der Waals surface area contributed by atoms with Gasteiger partial charge in [-0.05, 0) is 43.6 Å². The molecule has 4 nitrogen and oxygen atoms in total. The molecule has 0 saturated carbocycles. The summed E-state index contributed by atoms with van der Waals surface area (Å²) in [5.41, 5.74) is 1.35. The molecule has 1 saturated heterocycles. The van der Waals surface area contributed by atoms with Crippen LogP contribution in [0.15, 0.2) is 30.3 Å². The number of nitriles is 1. The van der Waals surface area contributed by atoms with Crippen molar-refractivity contribution in [1.29, 1.82) is 5.26 Å². The molecule has 1 aromatic carbocycles. The van der Waals surface area contributed by atoms with E-state index in [1.54, 1.807) is 0 Å². The molecule has 1 aliphatic rings. The Morgan fingerprint density at radius 1 is 1.36 bits per heavy atom. The highest BCUT2D eigenvalue weighted by molar-refractivity contribution is 5.74. The zero-order valence-electron chi connectivity index (χ0n) is 13.3. The molecule has 1 aliphatic heterocycles. The van der Waals surface area contributed by atoms with Gasteiger partial charge in [-0.1, -0.05) is 30.3 Å². The highest BCUT2D eigenvalue weighted by Gasteiger charge is 2.30. The molecule has 1 heterocycles. The van der Waals surface area contributed by atoms with Gasteiger partial charge in [0, 0.05) is 26.1 Å². The Morgan fingerprint density at radius 2 is 2.14 bits per heavy atom. The fourth-order valence-electron chi connectivity index (χ4n) is 3.25. The van der Waals surface area contributed by atoms with Gasteiger partial charge in [-0.15, -0.1) is 0 Å². The summed E-state index contributed by atoms with van der Waals surface area (Å²) in [5.74, 6) is 0.829. The fraction of sp³-hybridized carbons (Fsp3) is 0.556. The quantitative estimate of drug-likeness (QED) is 0.907. The average Bonchev–Trinajstić information content (AvgIpc) is 2.55. The first-order valence-corrected chi connectivity index (χ1v) is 8.18. The van der Waals surface area contributed by atoms with Crippen LogP contribution >= 0.6 is 0 Å². The average molecular weight is 299 g/mol. The molecule has 0 bridgehead atoms. The van der Waals surface area contributed by atoms with E-state index in [4.69, 9.17) is 5.26 Å². The first-order valence-electron chi connectivity index (χ1n) is 8.18. The van der Waals surface area contributed by atoms with Crippen molar-refractivity contribution in [2.75, 3.05) is 19.6 Å². The number of carbonyl (C=O) groups is 1. The van der Waals surface area contributed by atoms with Crippen LogP contribution in [0.4, 0.5) is 4.79 Å². The summed E-state index contributed by atoms with van der Waals surface area (Å²) in [7, 11) is 0. The van der Waals surface area contributed by atoms with Gasteiger partial charge >= 0.3 is 6.03 Å². The van der Waals surface area contributed by atoms with Crippen molar-refractivity contribution in [3.05, 3.63) is 35.9 Å². The molecule has 2 rings (SSSR count). The van der Waals surface area contributed by atoms with E-state index in [-0.39, 0.29) is 6.03 Å². The van der Waals surface area contributed by atoms with E-state index in [0.29, 0.717) is 31.3 Å². The molecule has 1 fully saturated rings. The minimum absolute atomic E-state index is 0.00643. The third-order valence-corrected chi connectivity index (χ3v) is 4.51. The third-order valence-electron chi connectivity index (χ3n) is 4.51. The minimum Gasteiger partial charge on any atom is -0.338 e. The first kappa shape index (κ1) is 16.4. The predicted molar refractivity (Wildman–Crippen MR) is 87.2 cm³/mol. The van der Waals surface area contributed by atoms with Gasteiger partial charge in [0.2, 0.25) is 0 Å². The van der Waals surface area contributed by atoms with Crippen LogP contribution in [-0.2, 0) is 6.42 Å². The molecule has 2 atom stereocenters. The summed E-state index contributed by atoms with van der Waals surface area (Å²) in [6.45, 7) is 4.08. The van der Waals surface area contributed by atoms with Crippen LogP contribution in [0.3, 0.4) is 0 Å². The Morgan fingerprint density at radius 3 is 2.82 bits per heavy atom. The van der Waals surface area contributed by atoms with Crippen molar-refractivity contribution in [3.8, 4) is 6.07 Å². The number of likely N-dealkylation sites (tertiary alicyclic amines) is 1. The lowest BCUT2D eigenvalue weighted by Gasteiger charge is -2.37. The largest absolute Gasteiger partial charge is 0.338 e. The van der Waals surface area contributed by atoms with E-state index in [9.17, 15) is 4.79 Å². The number of nitrogens with zero attached hydrogens (tertiary/aromatic N) is 2. The Bertz CT molecular complexity index is 509. The number of urea groups is 1. The maximum absolute atomic E-state index is 12.0. The lowest BCUT2D eigenvalue weighted by atomic mass is 9.80. The number of piperidine rings is 1. The molecular formula is C18H25N3O. The van der Waals surface area contributed by atoms with Crippen molar-refractivity contribution in [1.82, 2.24) is 10.2 Å². The second-order valence-corrected chi connectivity index (χ2v) is 5.98. The van der Waals surface area contributed by atoms with E-state index in [2.05, 4.69) is 35.7 Å². The molecule has 1 aromatic rings. The lowest BCUT2D eigenvalue weighted by Crippen LogP contribution is -2.48. The topological polar surface area (TPSA) is 56.1 Å². The van der Waals surface area contributed by atoms with Gasteiger partial charge in [-0.2, -0.15) is 5.26 Å². The fourth-order valence-corrected chi connectivity index (χ4v) is 3.25. The van der Waals surface area contributed by atoms with Crippen molar-refractivity contribution in [2.24, 2.45) is 11.8 Å². The van der Waals surface area contributed by atoms with Crippen LogP contribution in [0.1, 0.15) is 31.7 Å².